The maximum Gasteiger partial charge on any atom is 0.250 e. The Bertz CT molecular complexity index is 554. The van der Waals surface area contributed by atoms with Crippen molar-refractivity contribution in [1.82, 2.24) is 0 Å². The lowest BCUT2D eigenvalue weighted by atomic mass is 10.1. The van der Waals surface area contributed by atoms with Crippen LogP contribution in [0.25, 0.3) is 0 Å². The maximum absolute atomic E-state index is 13.6. The number of nitrogens with two attached hydrogens (primary N) is 2. The molecule has 5 N–H and O–H groups in total. The van der Waals surface area contributed by atoms with Gasteiger partial charge in [-0.05, 0) is 23.6 Å². The number of carbonyl (C=O) groups excluding carboxylic acids is 1. The molecular formula is C11H10FN3OS. The van der Waals surface area contributed by atoms with Crippen molar-refractivity contribution in [3.05, 3.63) is 40.3 Å². The van der Waals surface area contributed by atoms with Gasteiger partial charge in [-0.1, -0.05) is 0 Å². The molecule has 0 fully saturated rings. The second kappa shape index (κ2) is 4.42. The van der Waals surface area contributed by atoms with Gasteiger partial charge in [-0.3, -0.25) is 4.79 Å². The number of primary amides is 1. The van der Waals surface area contributed by atoms with Crippen LogP contribution >= 0.6 is 11.3 Å². The fourth-order valence-corrected chi connectivity index (χ4v) is 1.98. The summed E-state index contributed by atoms with van der Waals surface area (Å²) >= 11 is 1.48. The fraction of sp³-hybridized carbons (Fsp3) is 0. The molecule has 0 aliphatic rings. The summed E-state index contributed by atoms with van der Waals surface area (Å²) in [5.74, 6) is -1.21. The van der Waals surface area contributed by atoms with Crippen LogP contribution in [0, 0.1) is 5.82 Å². The number of thiophene rings is 1. The van der Waals surface area contributed by atoms with Crippen molar-refractivity contribution in [1.29, 1.82) is 0 Å². The molecule has 1 aromatic carbocycles. The van der Waals surface area contributed by atoms with Gasteiger partial charge in [0.05, 0.1) is 11.3 Å². The summed E-state index contributed by atoms with van der Waals surface area (Å²) in [7, 11) is 0. The van der Waals surface area contributed by atoms with Gasteiger partial charge in [-0.2, -0.15) is 11.3 Å². The first kappa shape index (κ1) is 11.4. The number of benzene rings is 1. The van der Waals surface area contributed by atoms with Crippen molar-refractivity contribution in [3.63, 3.8) is 0 Å². The van der Waals surface area contributed by atoms with Crippen molar-refractivity contribution < 1.29 is 9.18 Å². The van der Waals surface area contributed by atoms with E-state index in [2.05, 4.69) is 5.32 Å². The molecule has 0 bridgehead atoms. The zero-order valence-corrected chi connectivity index (χ0v) is 9.55. The number of nitrogen functional groups attached to an aromatic ring is 1. The summed E-state index contributed by atoms with van der Waals surface area (Å²) in [6.45, 7) is 0. The number of halogens is 1. The minimum atomic E-state index is -0.684. The predicted octanol–water partition coefficient (Wildman–Crippen LogP) is 2.31. The van der Waals surface area contributed by atoms with Crippen LogP contribution in [0.3, 0.4) is 0 Å². The summed E-state index contributed by atoms with van der Waals surface area (Å²) < 4.78 is 13.6. The first-order valence-corrected chi connectivity index (χ1v) is 5.70. The van der Waals surface area contributed by atoms with E-state index in [-0.39, 0.29) is 16.9 Å². The van der Waals surface area contributed by atoms with Gasteiger partial charge in [0.25, 0.3) is 5.91 Å². The SMILES string of the molecule is NC(=O)c1cc(Nc2ccsc2)c(F)cc1N. The molecule has 1 amide bonds. The third-order valence-electron chi connectivity index (χ3n) is 2.20. The third-order valence-corrected chi connectivity index (χ3v) is 2.89. The maximum atomic E-state index is 13.6. The van der Waals surface area contributed by atoms with Crippen molar-refractivity contribution in [3.8, 4) is 0 Å². The van der Waals surface area contributed by atoms with E-state index in [0.29, 0.717) is 0 Å². The number of hydrogen-bond acceptors (Lipinski definition) is 4. The highest BCUT2D eigenvalue weighted by molar-refractivity contribution is 7.08. The molecule has 4 nitrogen and oxygen atoms in total. The normalized spacial score (nSPS) is 10.2. The fourth-order valence-electron chi connectivity index (χ4n) is 1.39. The lowest BCUT2D eigenvalue weighted by Gasteiger charge is -2.09. The molecule has 0 radical (unpaired) electrons. The van der Waals surface area contributed by atoms with Crippen LogP contribution in [0.15, 0.2) is 29.0 Å². The molecule has 17 heavy (non-hydrogen) atoms. The van der Waals surface area contributed by atoms with Gasteiger partial charge in [0.2, 0.25) is 0 Å². The van der Waals surface area contributed by atoms with E-state index in [4.69, 9.17) is 11.5 Å². The van der Waals surface area contributed by atoms with Crippen LogP contribution < -0.4 is 16.8 Å². The molecule has 0 unspecified atom stereocenters. The lowest BCUT2D eigenvalue weighted by molar-refractivity contribution is 0.100. The number of anilines is 3. The van der Waals surface area contributed by atoms with E-state index < -0.39 is 11.7 Å². The lowest BCUT2D eigenvalue weighted by Crippen LogP contribution is -2.14. The van der Waals surface area contributed by atoms with Gasteiger partial charge in [-0.15, -0.1) is 0 Å². The minimum absolute atomic E-state index is 0.0332. The van der Waals surface area contributed by atoms with Crippen molar-refractivity contribution in [2.75, 3.05) is 11.1 Å². The van der Waals surface area contributed by atoms with E-state index in [1.807, 2.05) is 10.8 Å². The van der Waals surface area contributed by atoms with E-state index in [1.165, 1.54) is 17.4 Å². The molecule has 0 saturated carbocycles. The largest absolute Gasteiger partial charge is 0.398 e. The van der Waals surface area contributed by atoms with Gasteiger partial charge < -0.3 is 16.8 Å². The molecule has 0 atom stereocenters. The first-order valence-electron chi connectivity index (χ1n) is 4.76. The topological polar surface area (TPSA) is 81.1 Å². The standard InChI is InChI=1S/C11H10FN3OS/c12-8-4-9(13)7(11(14)16)3-10(8)15-6-1-2-17-5-6/h1-5,15H,13H2,(H2,14,16). The summed E-state index contributed by atoms with van der Waals surface area (Å²) in [5.41, 5.74) is 11.7. The highest BCUT2D eigenvalue weighted by Crippen LogP contribution is 2.26. The van der Waals surface area contributed by atoms with E-state index in [0.717, 1.165) is 11.8 Å². The molecule has 2 aromatic rings. The molecule has 88 valence electrons. The Kier molecular flexibility index (Phi) is 2.97. The number of amides is 1. The highest BCUT2D eigenvalue weighted by atomic mass is 32.1. The second-order valence-corrected chi connectivity index (χ2v) is 4.20. The van der Waals surface area contributed by atoms with Gasteiger partial charge in [-0.25, -0.2) is 4.39 Å². The van der Waals surface area contributed by atoms with Crippen molar-refractivity contribution in [2.24, 2.45) is 5.73 Å². The Morgan fingerprint density at radius 2 is 2.18 bits per heavy atom. The van der Waals surface area contributed by atoms with Gasteiger partial charge >= 0.3 is 0 Å². The minimum Gasteiger partial charge on any atom is -0.398 e. The summed E-state index contributed by atoms with van der Waals surface area (Å²) in [4.78, 5) is 11.1. The Balaban J connectivity index is 2.40. The van der Waals surface area contributed by atoms with Crippen molar-refractivity contribution in [2.45, 2.75) is 0 Å². The summed E-state index contributed by atoms with van der Waals surface area (Å²) in [6, 6.07) is 4.18. The second-order valence-electron chi connectivity index (χ2n) is 3.42. The van der Waals surface area contributed by atoms with Crippen LogP contribution in [0.5, 0.6) is 0 Å². The molecular weight excluding hydrogens is 241 g/mol. The average molecular weight is 251 g/mol. The third kappa shape index (κ3) is 2.36. The molecule has 2 rings (SSSR count). The molecule has 0 saturated heterocycles. The number of hydrogen-bond donors (Lipinski definition) is 3. The summed E-state index contributed by atoms with van der Waals surface area (Å²) in [5, 5.41) is 6.52. The number of carbonyl (C=O) groups is 1. The van der Waals surface area contributed by atoms with E-state index in [9.17, 15) is 9.18 Å². The Morgan fingerprint density at radius 1 is 1.41 bits per heavy atom. The van der Waals surface area contributed by atoms with E-state index >= 15 is 0 Å². The van der Waals surface area contributed by atoms with E-state index in [1.54, 1.807) is 6.07 Å². The summed E-state index contributed by atoms with van der Waals surface area (Å²) in [6.07, 6.45) is 0. The Labute approximate surface area is 101 Å². The highest BCUT2D eigenvalue weighted by Gasteiger charge is 2.12. The van der Waals surface area contributed by atoms with Gasteiger partial charge in [0.15, 0.2) is 0 Å². The molecule has 1 aromatic heterocycles. The molecule has 1 heterocycles. The quantitative estimate of drug-likeness (QED) is 0.732. The molecule has 6 heteroatoms. The average Bonchev–Trinajstić information content (AvgIpc) is 2.74. The van der Waals surface area contributed by atoms with Gasteiger partial charge in [0, 0.05) is 16.8 Å². The monoisotopic (exact) mass is 251 g/mol. The number of nitrogens with one attached hydrogen (secondary N) is 1. The van der Waals surface area contributed by atoms with Crippen LogP contribution in [0.1, 0.15) is 10.4 Å². The smallest absolute Gasteiger partial charge is 0.250 e. The molecule has 0 spiro atoms. The van der Waals surface area contributed by atoms with Crippen LogP contribution in [-0.2, 0) is 0 Å². The van der Waals surface area contributed by atoms with Gasteiger partial charge in [0.1, 0.15) is 5.82 Å². The van der Waals surface area contributed by atoms with Crippen LogP contribution in [-0.4, -0.2) is 5.91 Å². The first-order chi connectivity index (χ1) is 8.08. The Hall–Kier alpha value is -2.08. The zero-order chi connectivity index (χ0) is 12.4. The van der Waals surface area contributed by atoms with Crippen LogP contribution in [0.2, 0.25) is 0 Å². The zero-order valence-electron chi connectivity index (χ0n) is 8.74. The molecule has 0 aliphatic carbocycles. The van der Waals surface area contributed by atoms with Crippen LogP contribution in [0.4, 0.5) is 21.5 Å². The van der Waals surface area contributed by atoms with Crippen molar-refractivity contribution >= 4 is 34.3 Å². The molecule has 0 aliphatic heterocycles. The number of rotatable bonds is 3. The Morgan fingerprint density at radius 3 is 2.76 bits per heavy atom. The predicted molar refractivity (Wildman–Crippen MR) is 66.9 cm³/mol.